The quantitative estimate of drug-likeness (QED) is 0.762. The maximum Gasteiger partial charge on any atom is 0.328 e. The minimum atomic E-state index is -0.721. The summed E-state index contributed by atoms with van der Waals surface area (Å²) in [6.07, 6.45) is -0.721. The molecular weight excluding hydrogens is 334 g/mol. The monoisotopic (exact) mass is 355 g/mol. The van der Waals surface area contributed by atoms with Crippen LogP contribution in [0.25, 0.3) is 11.0 Å². The van der Waals surface area contributed by atoms with E-state index in [1.165, 1.54) is 0 Å². The molecule has 3 rings (SSSR count). The van der Waals surface area contributed by atoms with Crippen LogP contribution in [0, 0.1) is 0 Å². The van der Waals surface area contributed by atoms with E-state index in [1.54, 1.807) is 67.6 Å². The van der Waals surface area contributed by atoms with Crippen LogP contribution >= 0.6 is 0 Å². The first-order valence-corrected chi connectivity index (χ1v) is 8.18. The molecule has 7 heteroatoms. The fourth-order valence-electron chi connectivity index (χ4n) is 2.79. The van der Waals surface area contributed by atoms with Gasteiger partial charge < -0.3 is 14.8 Å². The highest BCUT2D eigenvalue weighted by Crippen LogP contribution is 2.27. The average Bonchev–Trinajstić information content (AvgIpc) is 2.86. The van der Waals surface area contributed by atoms with Crippen LogP contribution in [-0.2, 0) is 18.9 Å². The number of methoxy groups -OCH3 is 1. The Morgan fingerprint density at radius 2 is 1.69 bits per heavy atom. The van der Waals surface area contributed by atoms with E-state index >= 15 is 0 Å². The number of anilines is 1. The van der Waals surface area contributed by atoms with Crippen molar-refractivity contribution in [3.8, 4) is 11.5 Å². The summed E-state index contributed by atoms with van der Waals surface area (Å²) in [6, 6.07) is 12.5. The lowest BCUT2D eigenvalue weighted by atomic mass is 10.2. The third-order valence-electron chi connectivity index (χ3n) is 4.28. The Kier molecular flexibility index (Phi) is 4.71. The summed E-state index contributed by atoms with van der Waals surface area (Å²) >= 11 is 0. The number of nitrogens with one attached hydrogen (secondary N) is 1. The molecule has 0 spiro atoms. The van der Waals surface area contributed by atoms with Crippen LogP contribution in [0.3, 0.4) is 0 Å². The standard InChI is InChI=1S/C19H21N3O4/c1-12(26-17-8-6-5-7-16(17)25-4)18(23)20-13-9-10-14-15(11-13)22(3)19(24)21(14)2/h5-12H,1-4H3,(H,20,23)/t12-/m0/s1. The number of carbonyl (C=O) groups excluding carboxylic acids is 1. The highest BCUT2D eigenvalue weighted by Gasteiger charge is 2.17. The van der Waals surface area contributed by atoms with E-state index in [2.05, 4.69) is 5.32 Å². The summed E-state index contributed by atoms with van der Waals surface area (Å²) < 4.78 is 14.0. The Balaban J connectivity index is 1.78. The van der Waals surface area contributed by atoms with Gasteiger partial charge in [0.1, 0.15) is 0 Å². The number of aryl methyl sites for hydroxylation is 2. The molecule has 3 aromatic rings. The van der Waals surface area contributed by atoms with Gasteiger partial charge in [0.2, 0.25) is 0 Å². The van der Waals surface area contributed by atoms with Crippen LogP contribution in [-0.4, -0.2) is 28.3 Å². The number of imidazole rings is 1. The lowest BCUT2D eigenvalue weighted by Gasteiger charge is -2.16. The van der Waals surface area contributed by atoms with Gasteiger partial charge in [0.15, 0.2) is 17.6 Å². The molecule has 0 unspecified atom stereocenters. The second-order valence-corrected chi connectivity index (χ2v) is 6.00. The number of benzene rings is 2. The largest absolute Gasteiger partial charge is 0.493 e. The van der Waals surface area contributed by atoms with Crippen LogP contribution in [0.5, 0.6) is 11.5 Å². The predicted octanol–water partition coefficient (Wildman–Crippen LogP) is 2.29. The molecule has 0 fully saturated rings. The summed E-state index contributed by atoms with van der Waals surface area (Å²) in [4.78, 5) is 24.5. The zero-order valence-electron chi connectivity index (χ0n) is 15.1. The molecule has 1 heterocycles. The number of nitrogens with zero attached hydrogens (tertiary/aromatic N) is 2. The maximum atomic E-state index is 12.5. The van der Waals surface area contributed by atoms with Gasteiger partial charge in [-0.3, -0.25) is 13.9 Å². The lowest BCUT2D eigenvalue weighted by Crippen LogP contribution is -2.30. The molecule has 0 saturated carbocycles. The van der Waals surface area contributed by atoms with Gasteiger partial charge in [-0.05, 0) is 37.3 Å². The maximum absolute atomic E-state index is 12.5. The van der Waals surface area contributed by atoms with E-state index in [1.807, 2.05) is 12.1 Å². The van der Waals surface area contributed by atoms with Gasteiger partial charge in [0, 0.05) is 19.8 Å². The van der Waals surface area contributed by atoms with Crippen molar-refractivity contribution in [1.29, 1.82) is 0 Å². The van der Waals surface area contributed by atoms with Crippen molar-refractivity contribution in [3.63, 3.8) is 0 Å². The van der Waals surface area contributed by atoms with E-state index in [0.717, 1.165) is 11.0 Å². The van der Waals surface area contributed by atoms with E-state index in [9.17, 15) is 9.59 Å². The second kappa shape index (κ2) is 6.95. The van der Waals surface area contributed by atoms with Crippen molar-refractivity contribution in [3.05, 3.63) is 52.9 Å². The normalized spacial score (nSPS) is 12.0. The first-order valence-electron chi connectivity index (χ1n) is 8.18. The highest BCUT2D eigenvalue weighted by atomic mass is 16.5. The van der Waals surface area contributed by atoms with Crippen LogP contribution in [0.4, 0.5) is 5.69 Å². The van der Waals surface area contributed by atoms with Crippen molar-refractivity contribution in [2.45, 2.75) is 13.0 Å². The van der Waals surface area contributed by atoms with Crippen molar-refractivity contribution in [2.24, 2.45) is 14.1 Å². The molecule has 1 N–H and O–H groups in total. The van der Waals surface area contributed by atoms with Crippen molar-refractivity contribution >= 4 is 22.6 Å². The molecule has 0 aliphatic heterocycles. The molecular formula is C19H21N3O4. The number of para-hydroxylation sites is 2. The Morgan fingerprint density at radius 3 is 2.38 bits per heavy atom. The summed E-state index contributed by atoms with van der Waals surface area (Å²) in [5.74, 6) is 0.766. The molecule has 26 heavy (non-hydrogen) atoms. The fourth-order valence-corrected chi connectivity index (χ4v) is 2.79. The molecule has 0 aliphatic carbocycles. The van der Waals surface area contributed by atoms with Crippen molar-refractivity contribution < 1.29 is 14.3 Å². The molecule has 1 atom stereocenters. The zero-order valence-corrected chi connectivity index (χ0v) is 15.1. The fraction of sp³-hybridized carbons (Fsp3) is 0.263. The molecule has 1 aromatic heterocycles. The van der Waals surface area contributed by atoms with E-state index in [4.69, 9.17) is 9.47 Å². The number of amides is 1. The van der Waals surface area contributed by atoms with Gasteiger partial charge in [0.25, 0.3) is 5.91 Å². The first-order chi connectivity index (χ1) is 12.4. The summed E-state index contributed by atoms with van der Waals surface area (Å²) in [7, 11) is 4.96. The average molecular weight is 355 g/mol. The summed E-state index contributed by atoms with van der Waals surface area (Å²) in [5.41, 5.74) is 2.03. The lowest BCUT2D eigenvalue weighted by molar-refractivity contribution is -0.122. The molecule has 0 aliphatic rings. The third kappa shape index (κ3) is 3.15. The number of ether oxygens (including phenoxy) is 2. The van der Waals surface area contributed by atoms with E-state index < -0.39 is 6.10 Å². The van der Waals surface area contributed by atoms with Gasteiger partial charge in [-0.15, -0.1) is 0 Å². The zero-order chi connectivity index (χ0) is 18.8. The Hall–Kier alpha value is -3.22. The predicted molar refractivity (Wildman–Crippen MR) is 99.9 cm³/mol. The molecule has 7 nitrogen and oxygen atoms in total. The minimum absolute atomic E-state index is 0.114. The Morgan fingerprint density at radius 1 is 1.04 bits per heavy atom. The number of aromatic nitrogens is 2. The number of carbonyl (C=O) groups is 1. The van der Waals surface area contributed by atoms with E-state index in [0.29, 0.717) is 17.2 Å². The van der Waals surface area contributed by atoms with Gasteiger partial charge >= 0.3 is 5.69 Å². The molecule has 136 valence electrons. The number of hydrogen-bond donors (Lipinski definition) is 1. The highest BCUT2D eigenvalue weighted by molar-refractivity contribution is 5.96. The summed E-state index contributed by atoms with van der Waals surface area (Å²) in [5, 5.41) is 2.82. The van der Waals surface area contributed by atoms with Crippen LogP contribution in [0.15, 0.2) is 47.3 Å². The molecule has 0 bridgehead atoms. The Labute approximate surface area is 150 Å². The summed E-state index contributed by atoms with van der Waals surface area (Å²) in [6.45, 7) is 1.67. The van der Waals surface area contributed by atoms with Crippen LogP contribution in [0.2, 0.25) is 0 Å². The van der Waals surface area contributed by atoms with Gasteiger partial charge in [-0.2, -0.15) is 0 Å². The first kappa shape index (κ1) is 17.6. The van der Waals surface area contributed by atoms with Gasteiger partial charge in [-0.1, -0.05) is 12.1 Å². The van der Waals surface area contributed by atoms with Crippen LogP contribution in [0.1, 0.15) is 6.92 Å². The SMILES string of the molecule is COc1ccccc1O[C@@H](C)C(=O)Nc1ccc2c(c1)n(C)c(=O)n2C. The van der Waals surface area contributed by atoms with Gasteiger partial charge in [0.05, 0.1) is 18.1 Å². The minimum Gasteiger partial charge on any atom is -0.493 e. The van der Waals surface area contributed by atoms with Gasteiger partial charge in [-0.25, -0.2) is 4.79 Å². The number of hydrogen-bond acceptors (Lipinski definition) is 4. The van der Waals surface area contributed by atoms with Crippen LogP contribution < -0.4 is 20.5 Å². The van der Waals surface area contributed by atoms with Crippen molar-refractivity contribution in [2.75, 3.05) is 12.4 Å². The molecule has 1 amide bonds. The van der Waals surface area contributed by atoms with Crippen molar-refractivity contribution in [1.82, 2.24) is 9.13 Å². The second-order valence-electron chi connectivity index (χ2n) is 6.00. The molecule has 2 aromatic carbocycles. The smallest absolute Gasteiger partial charge is 0.328 e. The Bertz CT molecular complexity index is 1020. The number of rotatable bonds is 5. The number of fused-ring (bicyclic) bond motifs is 1. The third-order valence-corrected chi connectivity index (χ3v) is 4.28. The molecule has 0 radical (unpaired) electrons. The van der Waals surface area contributed by atoms with E-state index in [-0.39, 0.29) is 11.6 Å². The molecule has 0 saturated heterocycles. The topological polar surface area (TPSA) is 74.5 Å².